The van der Waals surface area contributed by atoms with E-state index in [9.17, 15) is 4.79 Å². The Labute approximate surface area is 136 Å². The Morgan fingerprint density at radius 2 is 2.00 bits per heavy atom. The molecule has 118 valence electrons. The Hall–Kier alpha value is -1.94. The van der Waals surface area contributed by atoms with Gasteiger partial charge < -0.3 is 14.2 Å². The molecule has 0 bridgehead atoms. The summed E-state index contributed by atoms with van der Waals surface area (Å²) >= 11 is 6.36. The van der Waals surface area contributed by atoms with Crippen molar-refractivity contribution in [1.82, 2.24) is 9.47 Å². The zero-order valence-electron chi connectivity index (χ0n) is 13.2. The molecule has 22 heavy (non-hydrogen) atoms. The summed E-state index contributed by atoms with van der Waals surface area (Å²) in [7, 11) is 3.36. The number of ether oxygens (including phenoxy) is 1. The van der Waals surface area contributed by atoms with Gasteiger partial charge in [-0.15, -0.1) is 0 Å². The van der Waals surface area contributed by atoms with E-state index < -0.39 is 0 Å². The molecule has 0 aliphatic heterocycles. The maximum atomic E-state index is 12.6. The second kappa shape index (κ2) is 7.36. The van der Waals surface area contributed by atoms with Gasteiger partial charge in [0.2, 0.25) is 0 Å². The summed E-state index contributed by atoms with van der Waals surface area (Å²) in [5.41, 5.74) is 1.28. The number of hydrogen-bond donors (Lipinski definition) is 0. The van der Waals surface area contributed by atoms with Gasteiger partial charge in [0, 0.05) is 32.1 Å². The van der Waals surface area contributed by atoms with Crippen LogP contribution in [-0.2, 0) is 0 Å². The highest BCUT2D eigenvalue weighted by atomic mass is 35.5. The van der Waals surface area contributed by atoms with Crippen LogP contribution in [0, 0.1) is 0 Å². The summed E-state index contributed by atoms with van der Waals surface area (Å²) in [6.45, 7) is 2.82. The molecular weight excluding hydrogens is 300 g/mol. The van der Waals surface area contributed by atoms with Gasteiger partial charge in [-0.3, -0.25) is 4.79 Å². The van der Waals surface area contributed by atoms with E-state index in [0.29, 0.717) is 16.3 Å². The minimum Gasteiger partial charge on any atom is -0.496 e. The number of carbonyl (C=O) groups is 1. The van der Waals surface area contributed by atoms with Crippen LogP contribution in [0.1, 0.15) is 30.1 Å². The predicted octanol–water partition coefficient (Wildman–Crippen LogP) is 4.01. The minimum atomic E-state index is -0.0775. The smallest absolute Gasteiger partial charge is 0.257 e. The van der Waals surface area contributed by atoms with Crippen LogP contribution in [0.15, 0.2) is 36.7 Å². The number of halogens is 1. The SMILES string of the molecule is CCCCN(C)C(=O)c1cc(Cl)c(-n2cccc2)cc1OC. The first-order valence-corrected chi connectivity index (χ1v) is 7.72. The molecule has 0 saturated carbocycles. The van der Waals surface area contributed by atoms with Crippen LogP contribution in [-0.4, -0.2) is 36.1 Å². The number of unbranched alkanes of at least 4 members (excludes halogenated alkanes) is 1. The summed E-state index contributed by atoms with van der Waals surface area (Å²) in [4.78, 5) is 14.3. The number of aromatic nitrogens is 1. The van der Waals surface area contributed by atoms with Gasteiger partial charge in [-0.1, -0.05) is 24.9 Å². The average Bonchev–Trinajstić information content (AvgIpc) is 3.05. The molecule has 0 saturated heterocycles. The van der Waals surface area contributed by atoms with E-state index in [4.69, 9.17) is 16.3 Å². The van der Waals surface area contributed by atoms with E-state index in [1.165, 1.54) is 0 Å². The van der Waals surface area contributed by atoms with E-state index >= 15 is 0 Å². The number of hydrogen-bond acceptors (Lipinski definition) is 2. The molecule has 2 rings (SSSR count). The third-order valence-corrected chi connectivity index (χ3v) is 3.88. The van der Waals surface area contributed by atoms with Crippen LogP contribution in [0.5, 0.6) is 5.75 Å². The van der Waals surface area contributed by atoms with E-state index in [2.05, 4.69) is 6.92 Å². The largest absolute Gasteiger partial charge is 0.496 e. The quantitative estimate of drug-likeness (QED) is 0.806. The third kappa shape index (κ3) is 3.45. The van der Waals surface area contributed by atoms with Crippen molar-refractivity contribution in [3.63, 3.8) is 0 Å². The van der Waals surface area contributed by atoms with Crippen LogP contribution < -0.4 is 4.74 Å². The second-order valence-corrected chi connectivity index (χ2v) is 5.58. The molecular formula is C17H21ClN2O2. The van der Waals surface area contributed by atoms with Crippen LogP contribution in [0.2, 0.25) is 5.02 Å². The Balaban J connectivity index is 2.36. The predicted molar refractivity (Wildman–Crippen MR) is 89.2 cm³/mol. The summed E-state index contributed by atoms with van der Waals surface area (Å²) in [6, 6.07) is 7.31. The lowest BCUT2D eigenvalue weighted by Crippen LogP contribution is -2.28. The highest BCUT2D eigenvalue weighted by Crippen LogP contribution is 2.30. The van der Waals surface area contributed by atoms with Gasteiger partial charge in [0.05, 0.1) is 23.4 Å². The lowest BCUT2D eigenvalue weighted by molar-refractivity contribution is 0.0790. The Morgan fingerprint density at radius 3 is 2.59 bits per heavy atom. The summed E-state index contributed by atoms with van der Waals surface area (Å²) in [6.07, 6.45) is 5.81. The number of carbonyl (C=O) groups excluding carboxylic acids is 1. The highest BCUT2D eigenvalue weighted by Gasteiger charge is 2.19. The van der Waals surface area contributed by atoms with Crippen molar-refractivity contribution in [2.75, 3.05) is 20.7 Å². The molecule has 0 N–H and O–H groups in total. The molecule has 0 aliphatic rings. The maximum Gasteiger partial charge on any atom is 0.257 e. The van der Waals surface area contributed by atoms with Gasteiger partial charge in [0.15, 0.2) is 0 Å². The molecule has 0 unspecified atom stereocenters. The van der Waals surface area contributed by atoms with Crippen LogP contribution in [0.3, 0.4) is 0 Å². The number of benzene rings is 1. The van der Waals surface area contributed by atoms with Crippen molar-refractivity contribution in [3.05, 3.63) is 47.2 Å². The third-order valence-electron chi connectivity index (χ3n) is 3.58. The van der Waals surface area contributed by atoms with Crippen molar-refractivity contribution in [3.8, 4) is 11.4 Å². The standard InChI is InChI=1S/C17H21ClN2O2/c1-4-5-8-19(2)17(21)13-11-14(18)15(12-16(13)22-3)20-9-6-7-10-20/h6-7,9-12H,4-5,8H2,1-3H3. The van der Waals surface area contributed by atoms with E-state index in [1.807, 2.05) is 29.1 Å². The van der Waals surface area contributed by atoms with Crippen molar-refractivity contribution in [1.29, 1.82) is 0 Å². The molecule has 4 nitrogen and oxygen atoms in total. The number of amides is 1. The van der Waals surface area contributed by atoms with Gasteiger partial charge in [0.1, 0.15) is 5.75 Å². The molecule has 0 radical (unpaired) electrons. The lowest BCUT2D eigenvalue weighted by atomic mass is 10.1. The highest BCUT2D eigenvalue weighted by molar-refractivity contribution is 6.33. The Morgan fingerprint density at radius 1 is 1.32 bits per heavy atom. The molecule has 5 heteroatoms. The number of nitrogens with zero attached hydrogens (tertiary/aromatic N) is 2. The molecule has 0 atom stereocenters. The molecule has 2 aromatic rings. The lowest BCUT2D eigenvalue weighted by Gasteiger charge is -2.19. The molecule has 1 aromatic heterocycles. The van der Waals surface area contributed by atoms with Crippen molar-refractivity contribution in [2.24, 2.45) is 0 Å². The van der Waals surface area contributed by atoms with Gasteiger partial charge in [-0.25, -0.2) is 0 Å². The van der Waals surface area contributed by atoms with Gasteiger partial charge in [-0.2, -0.15) is 0 Å². The zero-order chi connectivity index (χ0) is 16.1. The molecule has 0 aliphatic carbocycles. The van der Waals surface area contributed by atoms with Gasteiger partial charge in [-0.05, 0) is 24.6 Å². The van der Waals surface area contributed by atoms with E-state index in [1.54, 1.807) is 31.2 Å². The van der Waals surface area contributed by atoms with Crippen molar-refractivity contribution < 1.29 is 9.53 Å². The van der Waals surface area contributed by atoms with Crippen LogP contribution in [0.4, 0.5) is 0 Å². The summed E-state index contributed by atoms with van der Waals surface area (Å²) in [5.74, 6) is 0.452. The fraction of sp³-hybridized carbons (Fsp3) is 0.353. The topological polar surface area (TPSA) is 34.5 Å². The molecule has 0 spiro atoms. The first-order chi connectivity index (χ1) is 10.6. The monoisotopic (exact) mass is 320 g/mol. The van der Waals surface area contributed by atoms with Gasteiger partial charge >= 0.3 is 0 Å². The number of rotatable bonds is 6. The average molecular weight is 321 g/mol. The summed E-state index contributed by atoms with van der Waals surface area (Å²) in [5, 5.41) is 0.518. The molecule has 0 fully saturated rings. The van der Waals surface area contributed by atoms with E-state index in [-0.39, 0.29) is 5.91 Å². The molecule has 1 amide bonds. The first kappa shape index (κ1) is 16.4. The molecule has 1 aromatic carbocycles. The Bertz CT molecular complexity index is 638. The summed E-state index contributed by atoms with van der Waals surface area (Å²) < 4.78 is 7.28. The normalized spacial score (nSPS) is 10.5. The second-order valence-electron chi connectivity index (χ2n) is 5.17. The van der Waals surface area contributed by atoms with Crippen molar-refractivity contribution in [2.45, 2.75) is 19.8 Å². The van der Waals surface area contributed by atoms with Gasteiger partial charge in [0.25, 0.3) is 5.91 Å². The number of methoxy groups -OCH3 is 1. The first-order valence-electron chi connectivity index (χ1n) is 7.34. The fourth-order valence-electron chi connectivity index (χ4n) is 2.27. The van der Waals surface area contributed by atoms with Crippen LogP contribution >= 0.6 is 11.6 Å². The maximum absolute atomic E-state index is 12.6. The Kier molecular flexibility index (Phi) is 5.50. The zero-order valence-corrected chi connectivity index (χ0v) is 13.9. The minimum absolute atomic E-state index is 0.0775. The van der Waals surface area contributed by atoms with Crippen LogP contribution in [0.25, 0.3) is 5.69 Å². The van der Waals surface area contributed by atoms with Crippen molar-refractivity contribution >= 4 is 17.5 Å². The molecule has 1 heterocycles. The van der Waals surface area contributed by atoms with E-state index in [0.717, 1.165) is 25.1 Å². The fourth-order valence-corrected chi connectivity index (χ4v) is 2.54.